The van der Waals surface area contributed by atoms with E-state index in [2.05, 4.69) is 5.32 Å². The monoisotopic (exact) mass is 309 g/mol. The fourth-order valence-electron chi connectivity index (χ4n) is 3.02. The lowest BCUT2D eigenvalue weighted by molar-refractivity contribution is -0.139. The summed E-state index contributed by atoms with van der Waals surface area (Å²) >= 11 is 0. The third-order valence-corrected chi connectivity index (χ3v) is 4.27. The predicted octanol–water partition coefficient (Wildman–Crippen LogP) is 3.12. The lowest BCUT2D eigenvalue weighted by Gasteiger charge is -2.18. The summed E-state index contributed by atoms with van der Waals surface area (Å²) in [5.74, 6) is -1.42. The van der Waals surface area contributed by atoms with E-state index >= 15 is 0 Å². The van der Waals surface area contributed by atoms with Crippen LogP contribution in [-0.2, 0) is 17.6 Å². The van der Waals surface area contributed by atoms with Crippen LogP contribution >= 0.6 is 0 Å². The average Bonchev–Trinajstić information content (AvgIpc) is 2.59. The number of hydrogen-bond acceptors (Lipinski definition) is 2. The Morgan fingerprint density at radius 3 is 2.35 bits per heavy atom. The van der Waals surface area contributed by atoms with Crippen LogP contribution in [0.2, 0.25) is 0 Å². The maximum atomic E-state index is 12.4. The van der Waals surface area contributed by atoms with Crippen molar-refractivity contribution >= 4 is 11.9 Å². The van der Waals surface area contributed by atoms with Crippen LogP contribution in [0.5, 0.6) is 0 Å². The second-order valence-corrected chi connectivity index (χ2v) is 5.85. The summed E-state index contributed by atoms with van der Waals surface area (Å²) in [4.78, 5) is 23.9. The van der Waals surface area contributed by atoms with Crippen molar-refractivity contribution in [2.75, 3.05) is 0 Å². The molecule has 1 aliphatic rings. The predicted molar refractivity (Wildman–Crippen MR) is 87.4 cm³/mol. The zero-order chi connectivity index (χ0) is 16.2. The SMILES string of the molecule is O=C(N[C@H](C(=O)O)c1ccccc1)c1ccc2c(c1)CCCC2. The van der Waals surface area contributed by atoms with Gasteiger partial charge in [-0.25, -0.2) is 4.79 Å². The van der Waals surface area contributed by atoms with Gasteiger partial charge < -0.3 is 10.4 Å². The molecule has 23 heavy (non-hydrogen) atoms. The molecule has 0 saturated carbocycles. The Morgan fingerprint density at radius 1 is 0.957 bits per heavy atom. The van der Waals surface area contributed by atoms with Gasteiger partial charge in [-0.05, 0) is 54.5 Å². The van der Waals surface area contributed by atoms with Crippen LogP contribution in [0.4, 0.5) is 0 Å². The Balaban J connectivity index is 1.81. The molecule has 118 valence electrons. The first-order valence-corrected chi connectivity index (χ1v) is 7.85. The van der Waals surface area contributed by atoms with Crippen molar-refractivity contribution in [2.45, 2.75) is 31.7 Å². The molecule has 4 nitrogen and oxygen atoms in total. The fourth-order valence-corrected chi connectivity index (χ4v) is 3.02. The standard InChI is InChI=1S/C19H19NO3/c21-18(16-11-10-13-6-4-5-9-15(13)12-16)20-17(19(22)23)14-7-2-1-3-8-14/h1-3,7-8,10-12,17H,4-6,9H2,(H,20,21)(H,22,23)/t17-/m0/s1. The van der Waals surface area contributed by atoms with Gasteiger partial charge >= 0.3 is 5.97 Å². The number of carboxylic acid groups (broad SMARTS) is 1. The Hall–Kier alpha value is -2.62. The molecule has 2 aromatic carbocycles. The van der Waals surface area contributed by atoms with E-state index in [1.807, 2.05) is 18.2 Å². The minimum absolute atomic E-state index is 0.352. The minimum atomic E-state index is -1.07. The number of carboxylic acids is 1. The molecular formula is C19H19NO3. The van der Waals surface area contributed by atoms with Crippen molar-refractivity contribution in [3.05, 3.63) is 70.8 Å². The molecule has 2 N–H and O–H groups in total. The highest BCUT2D eigenvalue weighted by molar-refractivity contribution is 5.97. The first-order chi connectivity index (χ1) is 11.1. The number of aryl methyl sites for hydroxylation is 2. The number of carbonyl (C=O) groups excluding carboxylic acids is 1. The summed E-state index contributed by atoms with van der Waals surface area (Å²) in [5.41, 5.74) is 3.58. The number of fused-ring (bicyclic) bond motifs is 1. The normalized spacial score (nSPS) is 14.6. The van der Waals surface area contributed by atoms with Gasteiger partial charge in [0.2, 0.25) is 0 Å². The molecule has 0 saturated heterocycles. The van der Waals surface area contributed by atoms with Gasteiger partial charge in [0.05, 0.1) is 0 Å². The molecule has 1 atom stereocenters. The number of amides is 1. The number of hydrogen-bond donors (Lipinski definition) is 2. The summed E-state index contributed by atoms with van der Waals surface area (Å²) < 4.78 is 0. The average molecular weight is 309 g/mol. The molecule has 0 aliphatic heterocycles. The van der Waals surface area contributed by atoms with E-state index in [0.717, 1.165) is 19.3 Å². The largest absolute Gasteiger partial charge is 0.479 e. The summed E-state index contributed by atoms with van der Waals surface area (Å²) in [7, 11) is 0. The third kappa shape index (κ3) is 3.42. The highest BCUT2D eigenvalue weighted by Gasteiger charge is 2.23. The second kappa shape index (κ2) is 6.65. The number of benzene rings is 2. The number of rotatable bonds is 4. The van der Waals surface area contributed by atoms with E-state index in [4.69, 9.17) is 0 Å². The van der Waals surface area contributed by atoms with Crippen molar-refractivity contribution in [1.29, 1.82) is 0 Å². The molecule has 4 heteroatoms. The molecule has 0 unspecified atom stereocenters. The molecule has 0 fully saturated rings. The lowest BCUT2D eigenvalue weighted by atomic mass is 9.90. The van der Waals surface area contributed by atoms with Crippen LogP contribution in [0.15, 0.2) is 48.5 Å². The minimum Gasteiger partial charge on any atom is -0.479 e. The van der Waals surface area contributed by atoms with Gasteiger partial charge in [0.25, 0.3) is 5.91 Å². The summed E-state index contributed by atoms with van der Waals surface area (Å²) in [6.07, 6.45) is 4.37. The zero-order valence-corrected chi connectivity index (χ0v) is 12.8. The molecule has 1 aliphatic carbocycles. The van der Waals surface area contributed by atoms with Crippen LogP contribution in [0, 0.1) is 0 Å². The molecular weight excluding hydrogens is 290 g/mol. The maximum Gasteiger partial charge on any atom is 0.330 e. The van der Waals surface area contributed by atoms with Crippen molar-refractivity contribution in [2.24, 2.45) is 0 Å². The number of nitrogens with one attached hydrogen (secondary N) is 1. The van der Waals surface area contributed by atoms with Crippen molar-refractivity contribution < 1.29 is 14.7 Å². The Morgan fingerprint density at radius 2 is 1.65 bits per heavy atom. The van der Waals surface area contributed by atoms with E-state index in [0.29, 0.717) is 11.1 Å². The van der Waals surface area contributed by atoms with Gasteiger partial charge in [0, 0.05) is 5.56 Å². The maximum absolute atomic E-state index is 12.4. The molecule has 0 bridgehead atoms. The third-order valence-electron chi connectivity index (χ3n) is 4.27. The van der Waals surface area contributed by atoms with Gasteiger partial charge in [-0.3, -0.25) is 4.79 Å². The van der Waals surface area contributed by atoms with Crippen molar-refractivity contribution in [3.8, 4) is 0 Å². The van der Waals surface area contributed by atoms with Crippen LogP contribution in [0.3, 0.4) is 0 Å². The van der Waals surface area contributed by atoms with Crippen molar-refractivity contribution in [1.82, 2.24) is 5.32 Å². The summed E-state index contributed by atoms with van der Waals surface area (Å²) in [5, 5.41) is 12.0. The topological polar surface area (TPSA) is 66.4 Å². The molecule has 3 rings (SSSR count). The summed E-state index contributed by atoms with van der Waals surface area (Å²) in [6.45, 7) is 0. The van der Waals surface area contributed by atoms with E-state index in [9.17, 15) is 14.7 Å². The molecule has 0 heterocycles. The second-order valence-electron chi connectivity index (χ2n) is 5.85. The van der Waals surface area contributed by atoms with Gasteiger partial charge in [0.15, 0.2) is 6.04 Å². The smallest absolute Gasteiger partial charge is 0.330 e. The quantitative estimate of drug-likeness (QED) is 0.912. The first kappa shape index (κ1) is 15.3. The number of carbonyl (C=O) groups is 2. The van der Waals surface area contributed by atoms with E-state index in [-0.39, 0.29) is 5.91 Å². The van der Waals surface area contributed by atoms with Crippen LogP contribution in [0.25, 0.3) is 0 Å². The Labute approximate surface area is 135 Å². The molecule has 0 spiro atoms. The fraction of sp³-hybridized carbons (Fsp3) is 0.263. The van der Waals surface area contributed by atoms with Crippen molar-refractivity contribution in [3.63, 3.8) is 0 Å². The molecule has 2 aromatic rings. The highest BCUT2D eigenvalue weighted by atomic mass is 16.4. The van der Waals surface area contributed by atoms with Gasteiger partial charge in [-0.15, -0.1) is 0 Å². The van der Waals surface area contributed by atoms with Crippen LogP contribution in [-0.4, -0.2) is 17.0 Å². The Bertz CT molecular complexity index is 725. The van der Waals surface area contributed by atoms with E-state index in [1.165, 1.54) is 17.5 Å². The first-order valence-electron chi connectivity index (χ1n) is 7.85. The van der Waals surface area contributed by atoms with Crippen LogP contribution in [0.1, 0.15) is 45.9 Å². The van der Waals surface area contributed by atoms with Gasteiger partial charge in [-0.2, -0.15) is 0 Å². The molecule has 1 amide bonds. The highest BCUT2D eigenvalue weighted by Crippen LogP contribution is 2.22. The van der Waals surface area contributed by atoms with Crippen LogP contribution < -0.4 is 5.32 Å². The zero-order valence-electron chi connectivity index (χ0n) is 12.8. The molecule has 0 radical (unpaired) electrons. The van der Waals surface area contributed by atoms with Gasteiger partial charge in [-0.1, -0.05) is 36.4 Å². The lowest BCUT2D eigenvalue weighted by Crippen LogP contribution is -2.33. The Kier molecular flexibility index (Phi) is 4.42. The van der Waals surface area contributed by atoms with Gasteiger partial charge in [0.1, 0.15) is 0 Å². The van der Waals surface area contributed by atoms with E-state index < -0.39 is 12.0 Å². The summed E-state index contributed by atoms with van der Waals surface area (Å²) in [6, 6.07) is 13.4. The van der Waals surface area contributed by atoms with E-state index in [1.54, 1.807) is 30.3 Å². The molecule has 0 aromatic heterocycles. The number of aliphatic carboxylic acids is 1.